The average Bonchev–Trinajstić information content (AvgIpc) is 3.26. The highest BCUT2D eigenvalue weighted by atomic mass is 16.4. The van der Waals surface area contributed by atoms with Crippen LogP contribution < -0.4 is 0 Å². The zero-order valence-electron chi connectivity index (χ0n) is 12.7. The van der Waals surface area contributed by atoms with Gasteiger partial charge in [0.05, 0.1) is 6.54 Å². The summed E-state index contributed by atoms with van der Waals surface area (Å²) in [5, 5.41) is 4.14. The van der Waals surface area contributed by atoms with E-state index in [4.69, 9.17) is 4.42 Å². The number of hydrogen-bond donors (Lipinski definition) is 0. The Hall–Kier alpha value is -2.82. The second kappa shape index (κ2) is 5.76. The molecule has 1 amide bonds. The van der Waals surface area contributed by atoms with Crippen molar-refractivity contribution in [2.45, 2.75) is 19.5 Å². The van der Waals surface area contributed by atoms with E-state index in [0.29, 0.717) is 18.8 Å². The van der Waals surface area contributed by atoms with Crippen molar-refractivity contribution < 1.29 is 9.21 Å². The third-order valence-electron chi connectivity index (χ3n) is 4.17. The summed E-state index contributed by atoms with van der Waals surface area (Å²) in [6.45, 7) is 1.90. The van der Waals surface area contributed by atoms with Crippen LogP contribution in [0.1, 0.15) is 27.4 Å². The zero-order valence-corrected chi connectivity index (χ0v) is 12.7. The van der Waals surface area contributed by atoms with E-state index in [0.717, 1.165) is 18.7 Å². The molecule has 0 fully saturated rings. The molecule has 116 valence electrons. The molecule has 0 bridgehead atoms. The molecular formula is C18H17N3O2. The summed E-state index contributed by atoms with van der Waals surface area (Å²) in [7, 11) is 0. The van der Waals surface area contributed by atoms with Crippen LogP contribution in [0.4, 0.5) is 0 Å². The Morgan fingerprint density at radius 2 is 2.00 bits per heavy atom. The summed E-state index contributed by atoms with van der Waals surface area (Å²) in [6, 6.07) is 13.7. The molecule has 5 heteroatoms. The number of rotatable bonds is 3. The Morgan fingerprint density at radius 1 is 1.13 bits per heavy atom. The molecule has 0 N–H and O–H groups in total. The molecule has 3 heterocycles. The first kappa shape index (κ1) is 13.8. The molecule has 5 nitrogen and oxygen atoms in total. The predicted octanol–water partition coefficient (Wildman–Crippen LogP) is 2.72. The predicted molar refractivity (Wildman–Crippen MR) is 84.9 cm³/mol. The van der Waals surface area contributed by atoms with Crippen LogP contribution in [-0.2, 0) is 19.5 Å². The highest BCUT2D eigenvalue weighted by Crippen LogP contribution is 2.21. The number of carbonyl (C=O) groups is 1. The molecule has 0 saturated carbocycles. The van der Waals surface area contributed by atoms with Crippen molar-refractivity contribution in [1.29, 1.82) is 0 Å². The van der Waals surface area contributed by atoms with Gasteiger partial charge >= 0.3 is 0 Å². The van der Waals surface area contributed by atoms with Crippen molar-refractivity contribution in [3.05, 3.63) is 77.5 Å². The second-order valence-electron chi connectivity index (χ2n) is 5.72. The minimum Gasteiger partial charge on any atom is -0.454 e. The summed E-state index contributed by atoms with van der Waals surface area (Å²) >= 11 is 0. The van der Waals surface area contributed by atoms with Gasteiger partial charge in [0.15, 0.2) is 5.76 Å². The van der Waals surface area contributed by atoms with Gasteiger partial charge in [-0.05, 0) is 35.7 Å². The van der Waals surface area contributed by atoms with Gasteiger partial charge in [0.1, 0.15) is 5.76 Å². The summed E-state index contributed by atoms with van der Waals surface area (Å²) in [5.41, 5.74) is 2.55. The van der Waals surface area contributed by atoms with E-state index >= 15 is 0 Å². The van der Waals surface area contributed by atoms with Crippen LogP contribution in [0.5, 0.6) is 0 Å². The van der Waals surface area contributed by atoms with E-state index in [2.05, 4.69) is 17.2 Å². The van der Waals surface area contributed by atoms with Gasteiger partial charge < -0.3 is 9.32 Å². The monoisotopic (exact) mass is 307 g/mol. The number of carbonyl (C=O) groups excluding carboxylic acids is 1. The van der Waals surface area contributed by atoms with E-state index in [9.17, 15) is 4.79 Å². The van der Waals surface area contributed by atoms with Gasteiger partial charge in [-0.3, -0.25) is 9.48 Å². The first-order valence-corrected chi connectivity index (χ1v) is 7.72. The van der Waals surface area contributed by atoms with Crippen molar-refractivity contribution in [3.63, 3.8) is 0 Å². The number of amides is 1. The van der Waals surface area contributed by atoms with Gasteiger partial charge in [0.2, 0.25) is 0 Å². The van der Waals surface area contributed by atoms with Gasteiger partial charge in [-0.2, -0.15) is 5.10 Å². The number of fused-ring (bicyclic) bond motifs is 1. The fourth-order valence-corrected chi connectivity index (χ4v) is 2.96. The topological polar surface area (TPSA) is 51.3 Å². The number of hydrogen-bond acceptors (Lipinski definition) is 3. The quantitative estimate of drug-likeness (QED) is 0.747. The van der Waals surface area contributed by atoms with Gasteiger partial charge in [-0.1, -0.05) is 24.3 Å². The Morgan fingerprint density at radius 3 is 2.83 bits per heavy atom. The van der Waals surface area contributed by atoms with Gasteiger partial charge in [-0.25, -0.2) is 0 Å². The molecule has 0 unspecified atom stereocenters. The molecule has 0 radical (unpaired) electrons. The Balaban J connectivity index is 1.48. The first-order valence-electron chi connectivity index (χ1n) is 7.72. The highest BCUT2D eigenvalue weighted by Gasteiger charge is 2.23. The van der Waals surface area contributed by atoms with E-state index in [1.54, 1.807) is 16.9 Å². The summed E-state index contributed by atoms with van der Waals surface area (Å²) in [4.78, 5) is 14.5. The minimum absolute atomic E-state index is 0.0498. The van der Waals surface area contributed by atoms with Crippen LogP contribution in [0.15, 0.2) is 59.3 Å². The van der Waals surface area contributed by atoms with E-state index in [-0.39, 0.29) is 5.91 Å². The normalized spacial score (nSPS) is 13.8. The SMILES string of the molecule is O=C(c1ccc(Cn2cccn2)o1)N1CCc2ccccc2C1. The Labute approximate surface area is 134 Å². The lowest BCUT2D eigenvalue weighted by Gasteiger charge is -2.28. The van der Waals surface area contributed by atoms with Crippen molar-refractivity contribution in [2.24, 2.45) is 0 Å². The molecule has 0 spiro atoms. The van der Waals surface area contributed by atoms with Crippen LogP contribution in [0.25, 0.3) is 0 Å². The molecule has 0 aliphatic carbocycles. The smallest absolute Gasteiger partial charge is 0.289 e. The standard InChI is InChI=1S/C18H17N3O2/c22-18(20-11-8-14-4-1-2-5-15(14)12-20)17-7-6-16(23-17)13-21-10-3-9-19-21/h1-7,9-10H,8,11-13H2. The second-order valence-corrected chi connectivity index (χ2v) is 5.72. The molecule has 1 aromatic carbocycles. The maximum Gasteiger partial charge on any atom is 0.289 e. The van der Waals surface area contributed by atoms with Gasteiger partial charge in [0.25, 0.3) is 5.91 Å². The maximum absolute atomic E-state index is 12.6. The van der Waals surface area contributed by atoms with Crippen LogP contribution in [-0.4, -0.2) is 27.1 Å². The number of aromatic nitrogens is 2. The molecule has 3 aromatic rings. The summed E-state index contributed by atoms with van der Waals surface area (Å²) in [6.07, 6.45) is 4.48. The fraction of sp³-hybridized carbons (Fsp3) is 0.222. The first-order chi connectivity index (χ1) is 11.3. The largest absolute Gasteiger partial charge is 0.454 e. The lowest BCUT2D eigenvalue weighted by atomic mass is 10.00. The van der Waals surface area contributed by atoms with E-state index in [1.807, 2.05) is 35.4 Å². The Kier molecular flexibility index (Phi) is 3.46. The summed E-state index contributed by atoms with van der Waals surface area (Å²) in [5.74, 6) is 1.08. The molecule has 23 heavy (non-hydrogen) atoms. The Bertz CT molecular complexity index is 820. The molecule has 4 rings (SSSR count). The molecule has 0 saturated heterocycles. The van der Waals surface area contributed by atoms with E-state index < -0.39 is 0 Å². The summed E-state index contributed by atoms with van der Waals surface area (Å²) < 4.78 is 7.48. The van der Waals surface area contributed by atoms with Crippen molar-refractivity contribution >= 4 is 5.91 Å². The fourth-order valence-electron chi connectivity index (χ4n) is 2.96. The van der Waals surface area contributed by atoms with Crippen molar-refractivity contribution in [1.82, 2.24) is 14.7 Å². The molecule has 1 aliphatic rings. The van der Waals surface area contributed by atoms with Crippen molar-refractivity contribution in [2.75, 3.05) is 6.54 Å². The molecular weight excluding hydrogens is 290 g/mol. The molecule has 2 aromatic heterocycles. The number of nitrogens with zero attached hydrogens (tertiary/aromatic N) is 3. The highest BCUT2D eigenvalue weighted by molar-refractivity contribution is 5.91. The molecule has 1 aliphatic heterocycles. The lowest BCUT2D eigenvalue weighted by Crippen LogP contribution is -2.35. The van der Waals surface area contributed by atoms with Crippen LogP contribution in [0.2, 0.25) is 0 Å². The van der Waals surface area contributed by atoms with Crippen molar-refractivity contribution in [3.8, 4) is 0 Å². The zero-order chi connectivity index (χ0) is 15.6. The van der Waals surface area contributed by atoms with Gasteiger partial charge in [-0.15, -0.1) is 0 Å². The van der Waals surface area contributed by atoms with Crippen LogP contribution in [0.3, 0.4) is 0 Å². The van der Waals surface area contributed by atoms with Gasteiger partial charge in [0, 0.05) is 25.5 Å². The minimum atomic E-state index is -0.0498. The van der Waals surface area contributed by atoms with E-state index in [1.165, 1.54) is 11.1 Å². The number of furan rings is 1. The van der Waals surface area contributed by atoms with Crippen LogP contribution in [0, 0.1) is 0 Å². The lowest BCUT2D eigenvalue weighted by molar-refractivity contribution is 0.0700. The maximum atomic E-state index is 12.6. The van der Waals surface area contributed by atoms with Crippen LogP contribution >= 0.6 is 0 Å². The average molecular weight is 307 g/mol. The number of benzene rings is 1. The third-order valence-corrected chi connectivity index (χ3v) is 4.17. The molecule has 0 atom stereocenters. The third kappa shape index (κ3) is 2.77.